The van der Waals surface area contributed by atoms with Crippen LogP contribution < -0.4 is 5.32 Å². The van der Waals surface area contributed by atoms with Gasteiger partial charge in [-0.2, -0.15) is 4.31 Å². The highest BCUT2D eigenvalue weighted by Crippen LogP contribution is 2.38. The van der Waals surface area contributed by atoms with E-state index in [1.807, 2.05) is 0 Å². The largest absolute Gasteiger partial charge is 0.313 e. The number of hydrogen-bond donors (Lipinski definition) is 1. The second-order valence-electron chi connectivity index (χ2n) is 7.19. The van der Waals surface area contributed by atoms with E-state index in [1.54, 1.807) is 0 Å². The molecule has 2 saturated heterocycles. The van der Waals surface area contributed by atoms with Crippen molar-refractivity contribution in [3.8, 4) is 0 Å². The van der Waals surface area contributed by atoms with Crippen LogP contribution in [0.5, 0.6) is 0 Å². The quantitative estimate of drug-likeness (QED) is 0.916. The molecule has 0 amide bonds. The number of halogens is 2. The summed E-state index contributed by atoms with van der Waals surface area (Å²) in [6.45, 7) is 6.19. The van der Waals surface area contributed by atoms with E-state index in [2.05, 4.69) is 19.2 Å². The van der Waals surface area contributed by atoms with Crippen LogP contribution in [0, 0.1) is 23.0 Å². The van der Waals surface area contributed by atoms with Crippen molar-refractivity contribution >= 4 is 10.0 Å². The fourth-order valence-corrected chi connectivity index (χ4v) is 5.22. The van der Waals surface area contributed by atoms with Crippen LogP contribution in [0.4, 0.5) is 8.78 Å². The van der Waals surface area contributed by atoms with Gasteiger partial charge in [0.15, 0.2) is 0 Å². The zero-order valence-electron chi connectivity index (χ0n) is 13.4. The van der Waals surface area contributed by atoms with Crippen molar-refractivity contribution in [3.63, 3.8) is 0 Å². The van der Waals surface area contributed by atoms with Crippen molar-refractivity contribution in [2.45, 2.75) is 37.6 Å². The summed E-state index contributed by atoms with van der Waals surface area (Å²) in [5.41, 5.74) is 0.247. The summed E-state index contributed by atoms with van der Waals surface area (Å²) in [6, 6.07) is 2.84. The number of rotatable bonds is 3. The molecule has 0 aromatic heterocycles. The van der Waals surface area contributed by atoms with Gasteiger partial charge in [-0.1, -0.05) is 13.8 Å². The first-order valence-electron chi connectivity index (χ1n) is 7.90. The van der Waals surface area contributed by atoms with E-state index < -0.39 is 21.7 Å². The number of nitrogens with one attached hydrogen (secondary N) is 1. The maximum atomic E-state index is 13.3. The second kappa shape index (κ2) is 5.79. The lowest BCUT2D eigenvalue weighted by Gasteiger charge is -2.51. The smallest absolute Gasteiger partial charge is 0.243 e. The van der Waals surface area contributed by atoms with Crippen LogP contribution in [0.2, 0.25) is 0 Å². The van der Waals surface area contributed by atoms with Gasteiger partial charge in [0.05, 0.1) is 4.90 Å². The predicted octanol–water partition coefficient (Wildman–Crippen LogP) is 2.36. The first kappa shape index (κ1) is 16.8. The fourth-order valence-electron chi connectivity index (χ4n) is 3.71. The van der Waals surface area contributed by atoms with Crippen LogP contribution >= 0.6 is 0 Å². The van der Waals surface area contributed by atoms with Gasteiger partial charge in [0, 0.05) is 31.7 Å². The minimum Gasteiger partial charge on any atom is -0.313 e. The van der Waals surface area contributed by atoms with E-state index in [1.165, 1.54) is 4.31 Å². The summed E-state index contributed by atoms with van der Waals surface area (Å²) >= 11 is 0. The summed E-state index contributed by atoms with van der Waals surface area (Å²) in [5.74, 6) is -1.31. The third-order valence-electron chi connectivity index (χ3n) is 5.06. The number of sulfonamides is 1. The van der Waals surface area contributed by atoms with Crippen LogP contribution in [0.3, 0.4) is 0 Å². The maximum absolute atomic E-state index is 13.3. The lowest BCUT2D eigenvalue weighted by Crippen LogP contribution is -2.63. The average molecular weight is 344 g/mol. The Kier molecular flexibility index (Phi) is 4.23. The molecule has 23 heavy (non-hydrogen) atoms. The highest BCUT2D eigenvalue weighted by atomic mass is 32.2. The van der Waals surface area contributed by atoms with Crippen molar-refractivity contribution in [1.82, 2.24) is 9.62 Å². The minimum atomic E-state index is -3.84. The average Bonchev–Trinajstić information content (AvgIpc) is 2.46. The van der Waals surface area contributed by atoms with Gasteiger partial charge in [0.25, 0.3) is 0 Å². The summed E-state index contributed by atoms with van der Waals surface area (Å²) in [6.07, 6.45) is 1.52. The van der Waals surface area contributed by atoms with Crippen LogP contribution in [-0.4, -0.2) is 38.4 Å². The molecule has 3 rings (SSSR count). The molecular formula is C16H22F2N2O2S. The van der Waals surface area contributed by atoms with E-state index in [0.29, 0.717) is 31.1 Å². The minimum absolute atomic E-state index is 0.247. The van der Waals surface area contributed by atoms with Gasteiger partial charge >= 0.3 is 0 Å². The zero-order chi connectivity index (χ0) is 16.8. The summed E-state index contributed by atoms with van der Waals surface area (Å²) in [7, 11) is -3.84. The van der Waals surface area contributed by atoms with Gasteiger partial charge in [-0.3, -0.25) is 0 Å². The van der Waals surface area contributed by atoms with Crippen LogP contribution in [0.25, 0.3) is 0 Å². The van der Waals surface area contributed by atoms with E-state index in [4.69, 9.17) is 0 Å². The molecule has 1 unspecified atom stereocenters. The number of nitrogens with zero attached hydrogens (tertiary/aromatic N) is 1. The third kappa shape index (κ3) is 3.14. The van der Waals surface area contributed by atoms with Crippen molar-refractivity contribution in [3.05, 3.63) is 29.8 Å². The molecule has 128 valence electrons. The zero-order valence-corrected chi connectivity index (χ0v) is 14.2. The van der Waals surface area contributed by atoms with E-state index in [0.717, 1.165) is 31.5 Å². The molecule has 0 radical (unpaired) electrons. The topological polar surface area (TPSA) is 49.4 Å². The second-order valence-corrected chi connectivity index (χ2v) is 9.13. The Labute approximate surface area is 135 Å². The van der Waals surface area contributed by atoms with Crippen molar-refractivity contribution in [1.29, 1.82) is 0 Å². The summed E-state index contributed by atoms with van der Waals surface area (Å²) < 4.78 is 53.1. The molecule has 0 aliphatic carbocycles. The van der Waals surface area contributed by atoms with Gasteiger partial charge < -0.3 is 5.32 Å². The SMILES string of the molecule is CC1(C)CNC1C1CCN(S(=O)(=O)c2cc(F)cc(F)c2)CC1. The van der Waals surface area contributed by atoms with Gasteiger partial charge in [0.2, 0.25) is 10.0 Å². The lowest BCUT2D eigenvalue weighted by atomic mass is 9.69. The van der Waals surface area contributed by atoms with Gasteiger partial charge in [-0.25, -0.2) is 17.2 Å². The summed E-state index contributed by atoms with van der Waals surface area (Å²) in [4.78, 5) is -0.310. The van der Waals surface area contributed by atoms with E-state index >= 15 is 0 Å². The van der Waals surface area contributed by atoms with Gasteiger partial charge in [-0.05, 0) is 36.3 Å². The highest BCUT2D eigenvalue weighted by molar-refractivity contribution is 7.89. The Hall–Kier alpha value is -1.05. The van der Waals surface area contributed by atoms with Crippen molar-refractivity contribution in [2.24, 2.45) is 11.3 Å². The Morgan fingerprint density at radius 2 is 1.70 bits per heavy atom. The first-order chi connectivity index (χ1) is 10.7. The molecule has 7 heteroatoms. The molecule has 1 atom stereocenters. The number of benzene rings is 1. The van der Waals surface area contributed by atoms with E-state index in [-0.39, 0.29) is 10.3 Å². The summed E-state index contributed by atoms with van der Waals surface area (Å²) in [5, 5.41) is 3.44. The van der Waals surface area contributed by atoms with Crippen LogP contribution in [-0.2, 0) is 10.0 Å². The van der Waals surface area contributed by atoms with Crippen molar-refractivity contribution in [2.75, 3.05) is 19.6 Å². The van der Waals surface area contributed by atoms with Crippen LogP contribution in [0.1, 0.15) is 26.7 Å². The highest BCUT2D eigenvalue weighted by Gasteiger charge is 2.44. The third-order valence-corrected chi connectivity index (χ3v) is 6.94. The van der Waals surface area contributed by atoms with E-state index in [9.17, 15) is 17.2 Å². The first-order valence-corrected chi connectivity index (χ1v) is 9.34. The molecular weight excluding hydrogens is 322 g/mol. The molecule has 1 aromatic rings. The van der Waals surface area contributed by atoms with Crippen molar-refractivity contribution < 1.29 is 17.2 Å². The molecule has 4 nitrogen and oxygen atoms in total. The molecule has 1 aromatic carbocycles. The van der Waals surface area contributed by atoms with Gasteiger partial charge in [0.1, 0.15) is 11.6 Å². The Balaban J connectivity index is 1.71. The lowest BCUT2D eigenvalue weighted by molar-refractivity contribution is 0.0518. The monoisotopic (exact) mass is 344 g/mol. The Morgan fingerprint density at radius 3 is 2.13 bits per heavy atom. The maximum Gasteiger partial charge on any atom is 0.243 e. The molecule has 0 saturated carbocycles. The Morgan fingerprint density at radius 1 is 1.13 bits per heavy atom. The van der Waals surface area contributed by atoms with Gasteiger partial charge in [-0.15, -0.1) is 0 Å². The number of piperidine rings is 1. The normalized spacial score (nSPS) is 26.0. The Bertz CT molecular complexity index is 678. The number of hydrogen-bond acceptors (Lipinski definition) is 3. The molecule has 2 fully saturated rings. The standard InChI is InChI=1S/C16H22F2N2O2S/c1-16(2)10-19-15(16)11-3-5-20(6-4-11)23(21,22)14-8-12(17)7-13(18)9-14/h7-9,11,15,19H,3-6,10H2,1-2H3. The molecule has 0 bridgehead atoms. The predicted molar refractivity (Wildman–Crippen MR) is 83.4 cm³/mol. The molecule has 1 N–H and O–H groups in total. The fraction of sp³-hybridized carbons (Fsp3) is 0.625. The molecule has 2 heterocycles. The molecule has 2 aliphatic heterocycles. The molecule has 0 spiro atoms. The molecule has 2 aliphatic rings. The van der Waals surface area contributed by atoms with Crippen LogP contribution in [0.15, 0.2) is 23.1 Å².